The van der Waals surface area contributed by atoms with Crippen molar-refractivity contribution in [1.29, 1.82) is 0 Å². The molecular formula is C15H19BrN4O2. The number of amides is 1. The zero-order valence-electron chi connectivity index (χ0n) is 12.8. The molecule has 1 aromatic carbocycles. The monoisotopic (exact) mass is 366 g/mol. The first-order valence-corrected chi connectivity index (χ1v) is 7.73. The Hall–Kier alpha value is -1.89. The van der Waals surface area contributed by atoms with E-state index in [0.717, 1.165) is 15.6 Å². The molecule has 0 atom stereocenters. The molecule has 1 aromatic heterocycles. The Morgan fingerprint density at radius 2 is 2.09 bits per heavy atom. The van der Waals surface area contributed by atoms with Gasteiger partial charge in [0, 0.05) is 18.1 Å². The van der Waals surface area contributed by atoms with Gasteiger partial charge in [0.1, 0.15) is 0 Å². The third kappa shape index (κ3) is 4.07. The van der Waals surface area contributed by atoms with E-state index in [1.54, 1.807) is 0 Å². The molecule has 0 aliphatic rings. The second-order valence-corrected chi connectivity index (χ2v) is 6.87. The van der Waals surface area contributed by atoms with Crippen molar-refractivity contribution in [2.45, 2.75) is 20.3 Å². The van der Waals surface area contributed by atoms with Crippen molar-refractivity contribution in [3.8, 4) is 0 Å². The first-order valence-electron chi connectivity index (χ1n) is 6.93. The zero-order valence-corrected chi connectivity index (χ0v) is 14.4. The highest BCUT2D eigenvalue weighted by atomic mass is 79.9. The average Bonchev–Trinajstić information content (AvgIpc) is 2.79. The number of nitrogens with zero attached hydrogens (tertiary/aromatic N) is 2. The lowest BCUT2D eigenvalue weighted by Crippen LogP contribution is -2.36. The summed E-state index contributed by atoms with van der Waals surface area (Å²) in [6.07, 6.45) is 0.813. The van der Waals surface area contributed by atoms with Crippen LogP contribution < -0.4 is 11.0 Å². The third-order valence-electron chi connectivity index (χ3n) is 3.34. The van der Waals surface area contributed by atoms with Crippen molar-refractivity contribution >= 4 is 21.8 Å². The van der Waals surface area contributed by atoms with Crippen molar-refractivity contribution < 1.29 is 4.79 Å². The molecule has 6 nitrogen and oxygen atoms in total. The highest BCUT2D eigenvalue weighted by Gasteiger charge is 2.22. The summed E-state index contributed by atoms with van der Waals surface area (Å²) in [4.78, 5) is 25.7. The van der Waals surface area contributed by atoms with E-state index in [9.17, 15) is 9.59 Å². The molecule has 0 unspecified atom stereocenters. The Bertz CT molecular complexity index is 733. The van der Waals surface area contributed by atoms with Gasteiger partial charge in [-0.3, -0.25) is 9.78 Å². The van der Waals surface area contributed by atoms with Gasteiger partial charge >= 0.3 is 5.69 Å². The number of halogens is 1. The number of benzene rings is 1. The number of aryl methyl sites for hydroxylation is 1. The number of aromatic nitrogens is 3. The molecule has 0 aliphatic heterocycles. The number of H-pyrrole nitrogens is 1. The maximum absolute atomic E-state index is 12.0. The first-order chi connectivity index (χ1) is 10.3. The molecule has 118 valence electrons. The molecule has 0 saturated carbocycles. The molecule has 22 heavy (non-hydrogen) atoms. The molecule has 1 amide bonds. The summed E-state index contributed by atoms with van der Waals surface area (Å²) in [5.74, 6) is -0.345. The van der Waals surface area contributed by atoms with Crippen LogP contribution in [0.2, 0.25) is 0 Å². The van der Waals surface area contributed by atoms with Gasteiger partial charge in [-0.15, -0.1) is 5.10 Å². The summed E-state index contributed by atoms with van der Waals surface area (Å²) >= 11 is 3.54. The molecule has 1 heterocycles. The maximum Gasteiger partial charge on any atom is 0.343 e. The summed E-state index contributed by atoms with van der Waals surface area (Å²) in [7, 11) is 1.49. The molecule has 0 aliphatic carbocycles. The molecular weight excluding hydrogens is 348 g/mol. The van der Waals surface area contributed by atoms with Crippen LogP contribution in [0.1, 0.15) is 30.0 Å². The SMILES string of the molecule is Cn1nc(C(=O)NCC(C)(C)Cc2ccccc2Br)[nH]c1=O. The van der Waals surface area contributed by atoms with Crippen LogP contribution in [0.25, 0.3) is 0 Å². The number of rotatable bonds is 5. The molecule has 2 aromatic rings. The van der Waals surface area contributed by atoms with Crippen molar-refractivity contribution in [3.05, 3.63) is 50.6 Å². The highest BCUT2D eigenvalue weighted by molar-refractivity contribution is 9.10. The normalized spacial score (nSPS) is 11.5. The van der Waals surface area contributed by atoms with E-state index in [2.05, 4.69) is 51.2 Å². The topological polar surface area (TPSA) is 79.8 Å². The van der Waals surface area contributed by atoms with Gasteiger partial charge in [0.2, 0.25) is 5.82 Å². The summed E-state index contributed by atoms with van der Waals surface area (Å²) in [6.45, 7) is 4.63. The van der Waals surface area contributed by atoms with Crippen LogP contribution in [-0.2, 0) is 13.5 Å². The van der Waals surface area contributed by atoms with Crippen LogP contribution in [0, 0.1) is 5.41 Å². The first kappa shape index (κ1) is 16.5. The van der Waals surface area contributed by atoms with Gasteiger partial charge in [0.05, 0.1) is 0 Å². The zero-order chi connectivity index (χ0) is 16.3. The van der Waals surface area contributed by atoms with Gasteiger partial charge in [-0.1, -0.05) is 48.0 Å². The fourth-order valence-corrected chi connectivity index (χ4v) is 2.55. The number of nitrogens with one attached hydrogen (secondary N) is 2. The quantitative estimate of drug-likeness (QED) is 0.847. The number of hydrogen-bond acceptors (Lipinski definition) is 3. The van der Waals surface area contributed by atoms with E-state index in [0.29, 0.717) is 6.54 Å². The fraction of sp³-hybridized carbons (Fsp3) is 0.400. The Labute approximate surface area is 137 Å². The Morgan fingerprint density at radius 1 is 1.41 bits per heavy atom. The predicted molar refractivity (Wildman–Crippen MR) is 87.8 cm³/mol. The second kappa shape index (κ2) is 6.48. The Balaban J connectivity index is 1.99. The van der Waals surface area contributed by atoms with Crippen molar-refractivity contribution in [1.82, 2.24) is 20.1 Å². The second-order valence-electron chi connectivity index (χ2n) is 6.02. The van der Waals surface area contributed by atoms with Crippen LogP contribution in [0.4, 0.5) is 0 Å². The average molecular weight is 367 g/mol. The van der Waals surface area contributed by atoms with E-state index < -0.39 is 5.69 Å². The lowest BCUT2D eigenvalue weighted by molar-refractivity contribution is 0.0925. The number of aromatic amines is 1. The molecule has 0 fully saturated rings. The molecule has 0 spiro atoms. The van der Waals surface area contributed by atoms with Gasteiger partial charge in [-0.25, -0.2) is 9.48 Å². The third-order valence-corrected chi connectivity index (χ3v) is 4.11. The highest BCUT2D eigenvalue weighted by Crippen LogP contribution is 2.26. The summed E-state index contributed by atoms with van der Waals surface area (Å²) in [5, 5.41) is 6.66. The van der Waals surface area contributed by atoms with Crippen molar-refractivity contribution in [2.75, 3.05) is 6.54 Å². The van der Waals surface area contributed by atoms with E-state index in [1.165, 1.54) is 12.6 Å². The number of carbonyl (C=O) groups excluding carboxylic acids is 1. The van der Waals surface area contributed by atoms with Gasteiger partial charge in [-0.05, 0) is 23.5 Å². The summed E-state index contributed by atoms with van der Waals surface area (Å²) < 4.78 is 2.16. The standard InChI is InChI=1S/C15H19BrN4O2/c1-15(2,8-10-6-4-5-7-11(10)16)9-17-13(21)12-18-14(22)20(3)19-12/h4-7H,8-9H2,1-3H3,(H,17,21)(H,18,19,22). The predicted octanol–water partition coefficient (Wildman–Crippen LogP) is 1.87. The van der Waals surface area contributed by atoms with E-state index >= 15 is 0 Å². The van der Waals surface area contributed by atoms with Crippen molar-refractivity contribution in [2.24, 2.45) is 12.5 Å². The maximum atomic E-state index is 12.0. The summed E-state index contributed by atoms with van der Waals surface area (Å²) in [6, 6.07) is 8.03. The molecule has 7 heteroatoms. The lowest BCUT2D eigenvalue weighted by Gasteiger charge is -2.25. The van der Waals surface area contributed by atoms with Gasteiger partial charge < -0.3 is 5.32 Å². The van der Waals surface area contributed by atoms with Gasteiger partial charge in [0.15, 0.2) is 0 Å². The number of carbonyl (C=O) groups is 1. The van der Waals surface area contributed by atoms with E-state index in [-0.39, 0.29) is 17.1 Å². The summed E-state index contributed by atoms with van der Waals surface area (Å²) in [5.41, 5.74) is 0.653. The van der Waals surface area contributed by atoms with E-state index in [4.69, 9.17) is 0 Å². The van der Waals surface area contributed by atoms with Gasteiger partial charge in [-0.2, -0.15) is 0 Å². The molecule has 0 radical (unpaired) electrons. The van der Waals surface area contributed by atoms with E-state index in [1.807, 2.05) is 18.2 Å². The van der Waals surface area contributed by atoms with Crippen LogP contribution in [-0.4, -0.2) is 27.2 Å². The van der Waals surface area contributed by atoms with Crippen LogP contribution in [0.15, 0.2) is 33.5 Å². The Kier molecular flexibility index (Phi) is 4.85. The smallest absolute Gasteiger partial charge is 0.343 e. The van der Waals surface area contributed by atoms with Crippen molar-refractivity contribution in [3.63, 3.8) is 0 Å². The largest absolute Gasteiger partial charge is 0.349 e. The minimum Gasteiger partial charge on any atom is -0.349 e. The molecule has 2 rings (SSSR count). The van der Waals surface area contributed by atoms with Gasteiger partial charge in [0.25, 0.3) is 5.91 Å². The van der Waals surface area contributed by atoms with Crippen LogP contribution in [0.3, 0.4) is 0 Å². The minimum atomic E-state index is -0.405. The lowest BCUT2D eigenvalue weighted by atomic mass is 9.85. The van der Waals surface area contributed by atoms with Crippen LogP contribution in [0.5, 0.6) is 0 Å². The molecule has 0 saturated heterocycles. The molecule has 0 bridgehead atoms. The number of hydrogen-bond donors (Lipinski definition) is 2. The fourth-order valence-electron chi connectivity index (χ4n) is 2.13. The van der Waals surface area contributed by atoms with Crippen LogP contribution >= 0.6 is 15.9 Å². The Morgan fingerprint density at radius 3 is 2.68 bits per heavy atom. The minimum absolute atomic E-state index is 0.0317. The molecule has 2 N–H and O–H groups in total.